The first-order valence-electron chi connectivity index (χ1n) is 15.4. The minimum absolute atomic E-state index is 0.0459. The number of cyclic esters (lactones) is 1. The van der Waals surface area contributed by atoms with E-state index in [9.17, 15) is 9.59 Å². The van der Waals surface area contributed by atoms with Gasteiger partial charge in [0.05, 0.1) is 23.2 Å². The number of ether oxygens (including phenoxy) is 1. The summed E-state index contributed by atoms with van der Waals surface area (Å²) in [6, 6.07) is 0. The minimum atomic E-state index is -2.30. The van der Waals surface area contributed by atoms with Crippen LogP contribution in [0.2, 0.25) is 18.1 Å². The molecule has 0 amide bonds. The van der Waals surface area contributed by atoms with Crippen LogP contribution in [0.25, 0.3) is 6.08 Å². The Labute approximate surface area is 255 Å². The van der Waals surface area contributed by atoms with Crippen molar-refractivity contribution in [3.05, 3.63) is 33.3 Å². The first-order valence-corrected chi connectivity index (χ1v) is 19.2. The molecule has 0 N–H and O–H groups in total. The van der Waals surface area contributed by atoms with Crippen molar-refractivity contribution in [3.8, 4) is 0 Å². The fourth-order valence-electron chi connectivity index (χ4n) is 5.31. The van der Waals surface area contributed by atoms with Crippen LogP contribution in [-0.4, -0.2) is 37.3 Å². The van der Waals surface area contributed by atoms with Crippen LogP contribution in [0.3, 0.4) is 0 Å². The van der Waals surface area contributed by atoms with Gasteiger partial charge in [0, 0.05) is 23.1 Å². The lowest BCUT2D eigenvalue weighted by atomic mass is 9.70. The van der Waals surface area contributed by atoms with Gasteiger partial charge in [-0.15, -0.1) is 11.3 Å². The SMILES string of the molecule is C/C1=C/CCC[C@H](C)[C@@H](C)[C@H](C)C(=O)C(C)(C)[C@@H](O[Si](C)(C)C(C)(C)C)CC(=O)O[C@H](/C(C)=C/c2csc(C)n2)C1. The molecule has 1 aromatic rings. The Morgan fingerprint density at radius 3 is 2.34 bits per heavy atom. The van der Waals surface area contributed by atoms with Gasteiger partial charge in [0.2, 0.25) is 0 Å². The minimum Gasteiger partial charge on any atom is -0.457 e. The number of aromatic nitrogens is 1. The molecular formula is C34H57NO4SSi. The van der Waals surface area contributed by atoms with Gasteiger partial charge in [-0.05, 0) is 75.2 Å². The molecule has 0 spiro atoms. The van der Waals surface area contributed by atoms with Crippen LogP contribution in [-0.2, 0) is 18.8 Å². The number of carbonyl (C=O) groups is 2. The molecule has 2 heterocycles. The predicted molar refractivity (Wildman–Crippen MR) is 176 cm³/mol. The van der Waals surface area contributed by atoms with Crippen LogP contribution in [0.4, 0.5) is 0 Å². The normalized spacial score (nSPS) is 29.5. The van der Waals surface area contributed by atoms with E-state index in [0.717, 1.165) is 35.5 Å². The van der Waals surface area contributed by atoms with Gasteiger partial charge in [-0.25, -0.2) is 4.98 Å². The summed E-state index contributed by atoms with van der Waals surface area (Å²) in [5.41, 5.74) is 2.23. The quantitative estimate of drug-likeness (QED) is 0.195. The third-order valence-electron chi connectivity index (χ3n) is 9.79. The van der Waals surface area contributed by atoms with E-state index in [1.54, 1.807) is 11.3 Å². The highest BCUT2D eigenvalue weighted by atomic mass is 32.1. The Hall–Kier alpha value is -1.57. The average molecular weight is 604 g/mol. The molecule has 0 fully saturated rings. The molecule has 7 heteroatoms. The molecule has 0 aliphatic carbocycles. The third kappa shape index (κ3) is 9.72. The van der Waals surface area contributed by atoms with E-state index < -0.39 is 25.9 Å². The lowest BCUT2D eigenvalue weighted by molar-refractivity contribution is -0.153. The van der Waals surface area contributed by atoms with Gasteiger partial charge in [-0.1, -0.05) is 73.5 Å². The maximum atomic E-state index is 14.1. The van der Waals surface area contributed by atoms with Crippen molar-refractivity contribution < 1.29 is 18.8 Å². The highest BCUT2D eigenvalue weighted by molar-refractivity contribution is 7.09. The maximum absolute atomic E-state index is 14.1. The summed E-state index contributed by atoms with van der Waals surface area (Å²) in [6.07, 6.45) is 7.15. The molecule has 0 aromatic carbocycles. The third-order valence-corrected chi connectivity index (χ3v) is 15.1. The predicted octanol–water partition coefficient (Wildman–Crippen LogP) is 9.57. The lowest BCUT2D eigenvalue weighted by Crippen LogP contribution is -2.52. The topological polar surface area (TPSA) is 65.5 Å². The van der Waals surface area contributed by atoms with Crippen LogP contribution >= 0.6 is 11.3 Å². The molecule has 0 radical (unpaired) electrons. The number of esters is 1. The number of nitrogens with zero attached hydrogens (tertiary/aromatic N) is 1. The zero-order chi connectivity index (χ0) is 31.3. The second-order valence-corrected chi connectivity index (χ2v) is 20.4. The summed E-state index contributed by atoms with van der Waals surface area (Å²) >= 11 is 1.61. The number of Topliss-reactive ketones (excluding diaryl/α,β-unsaturated/α-hetero) is 1. The van der Waals surface area contributed by atoms with E-state index in [2.05, 4.69) is 72.6 Å². The number of hydrogen-bond donors (Lipinski definition) is 0. The van der Waals surface area contributed by atoms with Gasteiger partial charge in [-0.2, -0.15) is 0 Å². The van der Waals surface area contributed by atoms with Crippen molar-refractivity contribution in [1.82, 2.24) is 4.98 Å². The fourth-order valence-corrected chi connectivity index (χ4v) is 7.32. The first-order chi connectivity index (χ1) is 18.8. The number of rotatable bonds is 4. The van der Waals surface area contributed by atoms with Crippen molar-refractivity contribution in [3.63, 3.8) is 0 Å². The van der Waals surface area contributed by atoms with E-state index >= 15 is 0 Å². The van der Waals surface area contributed by atoms with Crippen molar-refractivity contribution in [2.75, 3.05) is 0 Å². The molecular weight excluding hydrogens is 547 g/mol. The van der Waals surface area contributed by atoms with Crippen LogP contribution < -0.4 is 0 Å². The Bertz CT molecular complexity index is 1110. The highest BCUT2D eigenvalue weighted by Crippen LogP contribution is 2.42. The van der Waals surface area contributed by atoms with E-state index in [1.807, 2.05) is 39.2 Å². The standard InChI is InChI=1S/C34H57NO4SSi/c1-22-16-14-15-17-23(2)25(4)26(5)32(37)34(10,11)30(39-41(12,13)33(7,8)9)20-31(36)38-29(18-22)24(3)19-28-21-40-27(6)35-28/h16,19,21,23,25-26,29-30H,14-15,17-18,20H2,1-13H3/b22-16-,24-19+/t23-,25+,26-,29-,30-/m0/s1. The number of allylic oxidation sites excluding steroid dienone is 1. The maximum Gasteiger partial charge on any atom is 0.309 e. The van der Waals surface area contributed by atoms with Gasteiger partial charge < -0.3 is 9.16 Å². The zero-order valence-electron chi connectivity index (χ0n) is 28.1. The second-order valence-electron chi connectivity index (χ2n) is 14.6. The Kier molecular flexibility index (Phi) is 12.4. The lowest BCUT2D eigenvalue weighted by Gasteiger charge is -2.44. The monoisotopic (exact) mass is 603 g/mol. The van der Waals surface area contributed by atoms with Crippen molar-refractivity contribution in [2.45, 2.75) is 139 Å². The number of thiazole rings is 1. The molecule has 0 unspecified atom stereocenters. The molecule has 0 saturated heterocycles. The smallest absolute Gasteiger partial charge is 0.309 e. The molecule has 1 aromatic heterocycles. The molecule has 2 rings (SSSR count). The summed E-state index contributed by atoms with van der Waals surface area (Å²) in [5.74, 6) is 0.382. The van der Waals surface area contributed by atoms with Gasteiger partial charge >= 0.3 is 5.97 Å². The first kappa shape index (κ1) is 35.6. The van der Waals surface area contributed by atoms with Gasteiger partial charge in [0.15, 0.2) is 8.32 Å². The zero-order valence-corrected chi connectivity index (χ0v) is 30.0. The van der Waals surface area contributed by atoms with E-state index in [-0.39, 0.29) is 35.0 Å². The largest absolute Gasteiger partial charge is 0.457 e. The Morgan fingerprint density at radius 1 is 1.15 bits per heavy atom. The van der Waals surface area contributed by atoms with Crippen LogP contribution in [0.5, 0.6) is 0 Å². The molecule has 0 bridgehead atoms. The number of aryl methyl sites for hydroxylation is 1. The summed E-state index contributed by atoms with van der Waals surface area (Å²) in [4.78, 5) is 32.5. The fraction of sp³-hybridized carbons (Fsp3) is 0.735. The Morgan fingerprint density at radius 2 is 1.78 bits per heavy atom. The molecule has 1 aliphatic rings. The molecule has 232 valence electrons. The van der Waals surface area contributed by atoms with Gasteiger partial charge in [0.25, 0.3) is 0 Å². The average Bonchev–Trinajstić information content (AvgIpc) is 3.26. The summed E-state index contributed by atoms with van der Waals surface area (Å²) in [7, 11) is -2.30. The van der Waals surface area contributed by atoms with E-state index in [4.69, 9.17) is 9.16 Å². The van der Waals surface area contributed by atoms with Crippen molar-refractivity contribution in [1.29, 1.82) is 0 Å². The van der Waals surface area contributed by atoms with Crippen LogP contribution in [0.1, 0.15) is 112 Å². The second kappa shape index (κ2) is 14.3. The molecule has 5 atom stereocenters. The molecule has 1 aliphatic heterocycles. The van der Waals surface area contributed by atoms with Crippen LogP contribution in [0.15, 0.2) is 22.6 Å². The van der Waals surface area contributed by atoms with Gasteiger partial charge in [0.1, 0.15) is 11.9 Å². The summed E-state index contributed by atoms with van der Waals surface area (Å²) < 4.78 is 13.2. The summed E-state index contributed by atoms with van der Waals surface area (Å²) in [5, 5.41) is 2.97. The van der Waals surface area contributed by atoms with Crippen molar-refractivity contribution in [2.24, 2.45) is 23.2 Å². The molecule has 41 heavy (non-hydrogen) atoms. The number of ketones is 1. The van der Waals surface area contributed by atoms with Crippen molar-refractivity contribution >= 4 is 37.5 Å². The molecule has 5 nitrogen and oxygen atoms in total. The van der Waals surface area contributed by atoms with E-state index in [1.165, 1.54) is 5.57 Å². The Balaban J connectivity index is 2.54. The van der Waals surface area contributed by atoms with E-state index in [0.29, 0.717) is 12.3 Å². The number of carbonyl (C=O) groups excluding carboxylic acids is 2. The van der Waals surface area contributed by atoms with Gasteiger partial charge in [-0.3, -0.25) is 9.59 Å². The molecule has 0 saturated carbocycles. The highest BCUT2D eigenvalue weighted by Gasteiger charge is 2.48. The van der Waals surface area contributed by atoms with Crippen LogP contribution in [0, 0.1) is 30.1 Å². The summed E-state index contributed by atoms with van der Waals surface area (Å²) in [6.45, 7) is 27.5. The number of hydrogen-bond acceptors (Lipinski definition) is 6.